The molecular weight excluding hydrogens is 207 g/mol. The normalized spacial score (nSPS) is 14.8. The van der Waals surface area contributed by atoms with Crippen LogP contribution in [-0.4, -0.2) is 18.3 Å². The van der Waals surface area contributed by atoms with Crippen molar-refractivity contribution in [3.8, 4) is 0 Å². The Morgan fingerprint density at radius 2 is 2.12 bits per heavy atom. The highest BCUT2D eigenvalue weighted by Gasteiger charge is 2.24. The highest BCUT2D eigenvalue weighted by molar-refractivity contribution is 5.27. The van der Waals surface area contributed by atoms with Crippen molar-refractivity contribution in [3.05, 3.63) is 35.1 Å². The van der Waals surface area contributed by atoms with Crippen LogP contribution in [-0.2, 0) is 10.3 Å². The quantitative estimate of drug-likeness (QED) is 0.782. The van der Waals surface area contributed by atoms with Gasteiger partial charge in [0.2, 0.25) is 0 Å². The third-order valence-corrected chi connectivity index (χ3v) is 2.53. The molecule has 1 atom stereocenters. The Bertz CT molecular complexity index is 348. The Hall–Kier alpha value is -0.930. The maximum absolute atomic E-state index is 13.3. The van der Waals surface area contributed by atoms with Crippen molar-refractivity contribution in [1.29, 1.82) is 0 Å². The van der Waals surface area contributed by atoms with E-state index in [1.165, 1.54) is 6.07 Å². The van der Waals surface area contributed by atoms with Crippen molar-refractivity contribution in [1.82, 2.24) is 0 Å². The Kier molecular flexibility index (Phi) is 4.44. The summed E-state index contributed by atoms with van der Waals surface area (Å²) in [6, 6.07) is 4.76. The second kappa shape index (κ2) is 5.41. The van der Waals surface area contributed by atoms with Crippen LogP contribution < -0.4 is 0 Å². The average molecular weight is 226 g/mol. The van der Waals surface area contributed by atoms with Gasteiger partial charge in [-0.3, -0.25) is 0 Å². The Morgan fingerprint density at radius 1 is 1.44 bits per heavy atom. The van der Waals surface area contributed by atoms with E-state index in [0.717, 1.165) is 6.42 Å². The van der Waals surface area contributed by atoms with Gasteiger partial charge in [-0.2, -0.15) is 0 Å². The van der Waals surface area contributed by atoms with Gasteiger partial charge in [-0.05, 0) is 37.5 Å². The van der Waals surface area contributed by atoms with Crippen molar-refractivity contribution in [3.63, 3.8) is 0 Å². The number of aryl methyl sites for hydroxylation is 1. The number of hydrogen-bond acceptors (Lipinski definition) is 2. The van der Waals surface area contributed by atoms with Gasteiger partial charge < -0.3 is 9.84 Å². The molecule has 0 aliphatic heterocycles. The molecule has 16 heavy (non-hydrogen) atoms. The van der Waals surface area contributed by atoms with E-state index in [1.807, 2.05) is 6.92 Å². The molecular formula is C13H19FO2. The molecule has 2 nitrogen and oxygen atoms in total. The number of halogens is 1. The molecule has 0 saturated heterocycles. The monoisotopic (exact) mass is 226 g/mol. The van der Waals surface area contributed by atoms with Gasteiger partial charge in [0, 0.05) is 6.61 Å². The smallest absolute Gasteiger partial charge is 0.126 e. The summed E-state index contributed by atoms with van der Waals surface area (Å²) in [7, 11) is 0. The van der Waals surface area contributed by atoms with Crippen molar-refractivity contribution in [2.75, 3.05) is 13.2 Å². The van der Waals surface area contributed by atoms with E-state index in [0.29, 0.717) is 17.7 Å². The SMILES string of the molecule is CCCOCC(C)(O)c1ccc(C)c(F)c1. The topological polar surface area (TPSA) is 29.5 Å². The lowest BCUT2D eigenvalue weighted by molar-refractivity contribution is -0.0376. The van der Waals surface area contributed by atoms with Crippen LogP contribution in [0.1, 0.15) is 31.4 Å². The number of benzene rings is 1. The molecule has 0 saturated carbocycles. The van der Waals surface area contributed by atoms with Crippen molar-refractivity contribution in [2.45, 2.75) is 32.8 Å². The fourth-order valence-electron chi connectivity index (χ4n) is 1.43. The van der Waals surface area contributed by atoms with Crippen LogP contribution in [0.3, 0.4) is 0 Å². The third kappa shape index (κ3) is 3.29. The number of aliphatic hydroxyl groups is 1. The molecule has 1 N–H and O–H groups in total. The van der Waals surface area contributed by atoms with Crippen LogP contribution in [0.5, 0.6) is 0 Å². The molecule has 1 rings (SSSR count). The predicted octanol–water partition coefficient (Wildman–Crippen LogP) is 2.77. The summed E-state index contributed by atoms with van der Waals surface area (Å²) in [5.74, 6) is -0.298. The summed E-state index contributed by atoms with van der Waals surface area (Å²) in [6.45, 7) is 6.11. The first-order valence-electron chi connectivity index (χ1n) is 5.54. The van der Waals surface area contributed by atoms with Crippen LogP contribution in [0, 0.1) is 12.7 Å². The zero-order valence-corrected chi connectivity index (χ0v) is 10.1. The fraction of sp³-hybridized carbons (Fsp3) is 0.538. The van der Waals surface area contributed by atoms with Crippen LogP contribution in [0.2, 0.25) is 0 Å². The first-order chi connectivity index (χ1) is 7.47. The average Bonchev–Trinajstić information content (AvgIpc) is 2.22. The van der Waals surface area contributed by atoms with E-state index in [9.17, 15) is 9.50 Å². The van der Waals surface area contributed by atoms with Gasteiger partial charge in [-0.25, -0.2) is 4.39 Å². The number of ether oxygens (including phenoxy) is 1. The van der Waals surface area contributed by atoms with E-state index in [2.05, 4.69) is 0 Å². The number of hydrogen-bond donors (Lipinski definition) is 1. The molecule has 0 heterocycles. The summed E-state index contributed by atoms with van der Waals surface area (Å²) in [4.78, 5) is 0. The van der Waals surface area contributed by atoms with E-state index in [-0.39, 0.29) is 12.4 Å². The van der Waals surface area contributed by atoms with Gasteiger partial charge in [0.25, 0.3) is 0 Å². The molecule has 0 aromatic heterocycles. The van der Waals surface area contributed by atoms with E-state index < -0.39 is 5.60 Å². The molecule has 0 radical (unpaired) electrons. The second-order valence-electron chi connectivity index (χ2n) is 4.29. The molecule has 1 aromatic rings. The molecule has 0 spiro atoms. The van der Waals surface area contributed by atoms with Crippen LogP contribution >= 0.6 is 0 Å². The molecule has 0 aliphatic carbocycles. The van der Waals surface area contributed by atoms with Gasteiger partial charge in [0.1, 0.15) is 11.4 Å². The maximum Gasteiger partial charge on any atom is 0.126 e. The van der Waals surface area contributed by atoms with Crippen molar-refractivity contribution in [2.24, 2.45) is 0 Å². The number of rotatable bonds is 5. The van der Waals surface area contributed by atoms with E-state index in [4.69, 9.17) is 4.74 Å². The highest BCUT2D eigenvalue weighted by Crippen LogP contribution is 2.23. The predicted molar refractivity (Wildman–Crippen MR) is 61.8 cm³/mol. The summed E-state index contributed by atoms with van der Waals surface area (Å²) >= 11 is 0. The second-order valence-corrected chi connectivity index (χ2v) is 4.29. The summed E-state index contributed by atoms with van der Waals surface area (Å²) in [5, 5.41) is 10.1. The molecule has 0 amide bonds. The lowest BCUT2D eigenvalue weighted by Crippen LogP contribution is -2.28. The molecule has 1 unspecified atom stereocenters. The maximum atomic E-state index is 13.3. The van der Waals surface area contributed by atoms with Gasteiger partial charge in [0.05, 0.1) is 6.61 Å². The van der Waals surface area contributed by atoms with E-state index >= 15 is 0 Å². The fourth-order valence-corrected chi connectivity index (χ4v) is 1.43. The minimum atomic E-state index is -1.14. The highest BCUT2D eigenvalue weighted by atomic mass is 19.1. The zero-order chi connectivity index (χ0) is 12.2. The third-order valence-electron chi connectivity index (χ3n) is 2.53. The Balaban J connectivity index is 2.76. The lowest BCUT2D eigenvalue weighted by Gasteiger charge is -2.24. The first kappa shape index (κ1) is 13.1. The van der Waals surface area contributed by atoms with Gasteiger partial charge >= 0.3 is 0 Å². The minimum Gasteiger partial charge on any atom is -0.383 e. The summed E-state index contributed by atoms with van der Waals surface area (Å²) < 4.78 is 18.6. The van der Waals surface area contributed by atoms with Gasteiger partial charge in [-0.15, -0.1) is 0 Å². The molecule has 0 fully saturated rings. The molecule has 0 aliphatic rings. The molecule has 1 aromatic carbocycles. The van der Waals surface area contributed by atoms with Crippen LogP contribution in [0.4, 0.5) is 4.39 Å². The Morgan fingerprint density at radius 3 is 2.69 bits per heavy atom. The van der Waals surface area contributed by atoms with E-state index in [1.54, 1.807) is 26.0 Å². The van der Waals surface area contributed by atoms with Gasteiger partial charge in [0.15, 0.2) is 0 Å². The van der Waals surface area contributed by atoms with Crippen molar-refractivity contribution < 1.29 is 14.2 Å². The standard InChI is InChI=1S/C13H19FO2/c1-4-7-16-9-13(3,15)11-6-5-10(2)12(14)8-11/h5-6,8,15H,4,7,9H2,1-3H3. The zero-order valence-electron chi connectivity index (χ0n) is 10.1. The molecule has 0 bridgehead atoms. The van der Waals surface area contributed by atoms with Gasteiger partial charge in [-0.1, -0.05) is 19.1 Å². The lowest BCUT2D eigenvalue weighted by atomic mass is 9.96. The Labute approximate surface area is 96.1 Å². The van der Waals surface area contributed by atoms with Crippen LogP contribution in [0.15, 0.2) is 18.2 Å². The minimum absolute atomic E-state index is 0.184. The first-order valence-corrected chi connectivity index (χ1v) is 5.54. The summed E-state index contributed by atoms with van der Waals surface area (Å²) in [5.41, 5.74) is -0.00953. The largest absolute Gasteiger partial charge is 0.383 e. The molecule has 90 valence electrons. The summed E-state index contributed by atoms with van der Waals surface area (Å²) in [6.07, 6.45) is 0.901. The van der Waals surface area contributed by atoms with Crippen LogP contribution in [0.25, 0.3) is 0 Å². The van der Waals surface area contributed by atoms with Crippen molar-refractivity contribution >= 4 is 0 Å². The molecule has 3 heteroatoms.